The van der Waals surface area contributed by atoms with Gasteiger partial charge < -0.3 is 0 Å². The second kappa shape index (κ2) is 7.95. The minimum absolute atomic E-state index is 0.988. The first kappa shape index (κ1) is 18.9. The Bertz CT molecular complexity index is 1180. The minimum atomic E-state index is 0.988. The first-order valence-electron chi connectivity index (χ1n) is 11.0. The number of allylic oxidation sites excluding steroid dienone is 5. The van der Waals surface area contributed by atoms with Gasteiger partial charge in [0.25, 0.3) is 0 Å². The summed E-state index contributed by atoms with van der Waals surface area (Å²) in [6.45, 7) is 4.41. The van der Waals surface area contributed by atoms with Crippen molar-refractivity contribution in [1.82, 2.24) is 0 Å². The number of fused-ring (bicyclic) bond motifs is 2. The minimum Gasteiger partial charge on any atom is -0.0839 e. The van der Waals surface area contributed by atoms with E-state index in [9.17, 15) is 0 Å². The normalized spacial score (nSPS) is 15.3. The van der Waals surface area contributed by atoms with Crippen LogP contribution in [0.2, 0.25) is 0 Å². The molecule has 3 aromatic carbocycles. The molecule has 0 fully saturated rings. The van der Waals surface area contributed by atoms with Gasteiger partial charge in [-0.15, -0.1) is 0 Å². The van der Waals surface area contributed by atoms with Gasteiger partial charge in [-0.2, -0.15) is 0 Å². The summed E-state index contributed by atoms with van der Waals surface area (Å²) in [5.41, 5.74) is 14.2. The van der Waals surface area contributed by atoms with E-state index in [1.54, 1.807) is 5.57 Å². The van der Waals surface area contributed by atoms with Crippen molar-refractivity contribution in [2.45, 2.75) is 39.5 Å². The predicted molar refractivity (Wildman–Crippen MR) is 129 cm³/mol. The van der Waals surface area contributed by atoms with Crippen LogP contribution in [0.1, 0.15) is 47.6 Å². The van der Waals surface area contributed by atoms with Crippen molar-refractivity contribution in [1.29, 1.82) is 0 Å². The maximum absolute atomic E-state index is 2.34. The fourth-order valence-corrected chi connectivity index (χ4v) is 4.90. The molecule has 0 N–H and O–H groups in total. The number of benzene rings is 3. The van der Waals surface area contributed by atoms with Crippen molar-refractivity contribution in [2.75, 3.05) is 0 Å². The summed E-state index contributed by atoms with van der Waals surface area (Å²) in [5.74, 6) is 0. The lowest BCUT2D eigenvalue weighted by molar-refractivity contribution is 1.04. The van der Waals surface area contributed by atoms with E-state index < -0.39 is 0 Å². The van der Waals surface area contributed by atoms with E-state index >= 15 is 0 Å². The third kappa shape index (κ3) is 3.59. The van der Waals surface area contributed by atoms with Crippen LogP contribution in [0.25, 0.3) is 22.8 Å². The summed E-state index contributed by atoms with van der Waals surface area (Å²) in [7, 11) is 0. The van der Waals surface area contributed by atoms with E-state index in [4.69, 9.17) is 0 Å². The highest BCUT2D eigenvalue weighted by atomic mass is 14.3. The Labute approximate surface area is 180 Å². The van der Waals surface area contributed by atoms with Crippen molar-refractivity contribution in [3.63, 3.8) is 0 Å². The van der Waals surface area contributed by atoms with E-state index in [0.717, 1.165) is 12.8 Å². The smallest absolute Gasteiger partial charge is 0.00107 e. The average Bonchev–Trinajstić information content (AvgIpc) is 3.15. The summed E-state index contributed by atoms with van der Waals surface area (Å²) in [6, 6.07) is 24.6. The molecule has 0 aromatic heterocycles. The third-order valence-corrected chi connectivity index (χ3v) is 6.47. The quantitative estimate of drug-likeness (QED) is 0.425. The van der Waals surface area contributed by atoms with Gasteiger partial charge in [0, 0.05) is 0 Å². The summed E-state index contributed by atoms with van der Waals surface area (Å²) in [6.07, 6.45) is 11.4. The van der Waals surface area contributed by atoms with Crippen LogP contribution in [0.3, 0.4) is 0 Å². The van der Waals surface area contributed by atoms with Crippen molar-refractivity contribution in [2.24, 2.45) is 0 Å². The lowest BCUT2D eigenvalue weighted by atomic mass is 9.93. The zero-order valence-corrected chi connectivity index (χ0v) is 17.9. The molecule has 0 heteroatoms. The highest BCUT2D eigenvalue weighted by Gasteiger charge is 2.23. The maximum Gasteiger partial charge on any atom is -0.00107 e. The topological polar surface area (TPSA) is 0 Å². The van der Waals surface area contributed by atoms with Gasteiger partial charge in [0.1, 0.15) is 0 Å². The fraction of sp³-hybridized carbons (Fsp3) is 0.200. The molecule has 0 saturated heterocycles. The molecular formula is C30H28. The Morgan fingerprint density at radius 2 is 1.70 bits per heavy atom. The monoisotopic (exact) mass is 388 g/mol. The van der Waals surface area contributed by atoms with Crippen LogP contribution in [-0.4, -0.2) is 0 Å². The molecular weight excluding hydrogens is 360 g/mol. The number of hydrogen-bond acceptors (Lipinski definition) is 0. The molecule has 0 saturated carbocycles. The standard InChI is InChI=1S/C30H28/c1-21(19-25-9-4-3-8-22(25)2)18-23-14-16-24(17-15-23)27-12-7-13-29-28-11-6-5-10-26(28)20-30(27)29/h3-5,7-10,12-17,19H,6,11,18,20H2,1-2H3/b21-19+. The highest BCUT2D eigenvalue weighted by molar-refractivity contribution is 5.85. The molecule has 0 atom stereocenters. The molecule has 0 unspecified atom stereocenters. The van der Waals surface area contributed by atoms with Crippen LogP contribution >= 0.6 is 0 Å². The van der Waals surface area contributed by atoms with Crippen LogP contribution < -0.4 is 0 Å². The van der Waals surface area contributed by atoms with Gasteiger partial charge in [0.15, 0.2) is 0 Å². The van der Waals surface area contributed by atoms with Crippen LogP contribution in [0.4, 0.5) is 0 Å². The Hall–Kier alpha value is -3.12. The molecule has 0 amide bonds. The molecule has 3 aromatic rings. The van der Waals surface area contributed by atoms with Gasteiger partial charge in [-0.05, 0) is 89.6 Å². The summed E-state index contributed by atoms with van der Waals surface area (Å²) in [4.78, 5) is 0. The third-order valence-electron chi connectivity index (χ3n) is 6.47. The zero-order valence-electron chi connectivity index (χ0n) is 17.9. The van der Waals surface area contributed by atoms with E-state index in [1.807, 2.05) is 0 Å². The number of hydrogen-bond donors (Lipinski definition) is 0. The van der Waals surface area contributed by atoms with E-state index in [1.165, 1.54) is 62.9 Å². The first-order chi connectivity index (χ1) is 14.7. The molecule has 5 rings (SSSR count). The van der Waals surface area contributed by atoms with Gasteiger partial charge in [0.2, 0.25) is 0 Å². The summed E-state index contributed by atoms with van der Waals surface area (Å²) >= 11 is 0. The van der Waals surface area contributed by atoms with Crippen molar-refractivity contribution < 1.29 is 0 Å². The van der Waals surface area contributed by atoms with Gasteiger partial charge in [-0.25, -0.2) is 0 Å². The van der Waals surface area contributed by atoms with Crippen LogP contribution in [-0.2, 0) is 12.8 Å². The average molecular weight is 389 g/mol. The van der Waals surface area contributed by atoms with E-state index in [0.29, 0.717) is 0 Å². The first-order valence-corrected chi connectivity index (χ1v) is 11.0. The predicted octanol–water partition coefficient (Wildman–Crippen LogP) is 7.97. The van der Waals surface area contributed by atoms with Crippen LogP contribution in [0.15, 0.2) is 90.0 Å². The second-order valence-electron chi connectivity index (χ2n) is 8.67. The lowest BCUT2D eigenvalue weighted by Crippen LogP contribution is -1.92. The summed E-state index contributed by atoms with van der Waals surface area (Å²) in [5, 5.41) is 0. The van der Waals surface area contributed by atoms with Gasteiger partial charge in [-0.1, -0.05) is 90.5 Å². The Morgan fingerprint density at radius 3 is 2.53 bits per heavy atom. The molecule has 0 aliphatic heterocycles. The fourth-order valence-electron chi connectivity index (χ4n) is 4.90. The largest absolute Gasteiger partial charge is 0.0839 e. The van der Waals surface area contributed by atoms with E-state index in [-0.39, 0.29) is 0 Å². The molecule has 0 radical (unpaired) electrons. The summed E-state index contributed by atoms with van der Waals surface area (Å²) < 4.78 is 0. The number of rotatable bonds is 4. The zero-order chi connectivity index (χ0) is 20.5. The van der Waals surface area contributed by atoms with E-state index in [2.05, 4.69) is 98.8 Å². The second-order valence-corrected chi connectivity index (χ2v) is 8.67. The van der Waals surface area contributed by atoms with Crippen LogP contribution in [0, 0.1) is 6.92 Å². The molecule has 148 valence electrons. The van der Waals surface area contributed by atoms with Crippen molar-refractivity contribution in [3.05, 3.63) is 118 Å². The Morgan fingerprint density at radius 1 is 0.900 bits per heavy atom. The SMILES string of the molecule is C/C(=C\c1ccccc1C)Cc1ccc(-c2cccc3c2CC2=C3CCC=C2)cc1. The molecule has 0 bridgehead atoms. The van der Waals surface area contributed by atoms with Gasteiger partial charge in [0.05, 0.1) is 0 Å². The van der Waals surface area contributed by atoms with Crippen LogP contribution in [0.5, 0.6) is 0 Å². The molecule has 2 aliphatic carbocycles. The van der Waals surface area contributed by atoms with Crippen molar-refractivity contribution in [3.8, 4) is 11.1 Å². The molecule has 30 heavy (non-hydrogen) atoms. The Kier molecular flexibility index (Phi) is 5.01. The molecule has 0 nitrogen and oxygen atoms in total. The molecule has 0 heterocycles. The van der Waals surface area contributed by atoms with Gasteiger partial charge >= 0.3 is 0 Å². The van der Waals surface area contributed by atoms with Crippen molar-refractivity contribution >= 4 is 11.6 Å². The Balaban J connectivity index is 1.38. The maximum atomic E-state index is 2.34. The highest BCUT2D eigenvalue weighted by Crippen LogP contribution is 2.42. The molecule has 0 spiro atoms. The number of aryl methyl sites for hydroxylation is 1. The van der Waals surface area contributed by atoms with Gasteiger partial charge in [-0.3, -0.25) is 0 Å². The molecule has 2 aliphatic rings. The lowest BCUT2D eigenvalue weighted by Gasteiger charge is -2.12.